The van der Waals surface area contributed by atoms with Crippen molar-refractivity contribution in [2.75, 3.05) is 11.9 Å². The van der Waals surface area contributed by atoms with Gasteiger partial charge in [-0.25, -0.2) is 9.97 Å². The Kier molecular flexibility index (Phi) is 4.72. The lowest BCUT2D eigenvalue weighted by Crippen LogP contribution is -2.05. The molecule has 0 saturated carbocycles. The maximum Gasteiger partial charge on any atom is 0.161 e. The summed E-state index contributed by atoms with van der Waals surface area (Å²) in [5.41, 5.74) is 4.66. The van der Waals surface area contributed by atoms with Gasteiger partial charge in [0.25, 0.3) is 0 Å². The van der Waals surface area contributed by atoms with E-state index in [0.29, 0.717) is 0 Å². The van der Waals surface area contributed by atoms with E-state index in [1.54, 1.807) is 0 Å². The van der Waals surface area contributed by atoms with Gasteiger partial charge in [-0.1, -0.05) is 31.0 Å². The van der Waals surface area contributed by atoms with Gasteiger partial charge in [-0.05, 0) is 38.8 Å². The number of aryl methyl sites for hydroxylation is 3. The van der Waals surface area contributed by atoms with Gasteiger partial charge >= 0.3 is 0 Å². The van der Waals surface area contributed by atoms with Crippen molar-refractivity contribution in [3.8, 4) is 11.4 Å². The Hall–Kier alpha value is -1.90. The first-order chi connectivity index (χ1) is 9.62. The van der Waals surface area contributed by atoms with E-state index in [2.05, 4.69) is 61.2 Å². The molecule has 3 nitrogen and oxygen atoms in total. The van der Waals surface area contributed by atoms with Crippen LogP contribution in [0.25, 0.3) is 11.4 Å². The molecule has 2 rings (SSSR count). The lowest BCUT2D eigenvalue weighted by atomic mass is 10.1. The summed E-state index contributed by atoms with van der Waals surface area (Å²) in [6.07, 6.45) is 2.01. The Balaban J connectivity index is 2.43. The molecular weight excluding hydrogens is 246 g/mol. The highest BCUT2D eigenvalue weighted by atomic mass is 15.0. The molecule has 1 heterocycles. The van der Waals surface area contributed by atoms with Crippen molar-refractivity contribution in [2.24, 2.45) is 0 Å². The molecule has 1 aromatic carbocycles. The Bertz CT molecular complexity index is 571. The number of nitrogens with zero attached hydrogens (tertiary/aromatic N) is 2. The van der Waals surface area contributed by atoms with Crippen LogP contribution in [0, 0.1) is 13.8 Å². The molecule has 1 N–H and O–H groups in total. The van der Waals surface area contributed by atoms with Gasteiger partial charge in [0.15, 0.2) is 5.82 Å². The molecule has 0 amide bonds. The number of hydrogen-bond donors (Lipinski definition) is 1. The molecule has 20 heavy (non-hydrogen) atoms. The molecule has 0 aliphatic rings. The number of nitrogens with one attached hydrogen (secondary N) is 1. The highest BCUT2D eigenvalue weighted by molar-refractivity contribution is 5.60. The Morgan fingerprint density at radius 3 is 2.25 bits per heavy atom. The zero-order valence-electron chi connectivity index (χ0n) is 12.8. The van der Waals surface area contributed by atoms with Gasteiger partial charge in [-0.2, -0.15) is 0 Å². The summed E-state index contributed by atoms with van der Waals surface area (Å²) in [4.78, 5) is 9.31. The van der Waals surface area contributed by atoms with Gasteiger partial charge in [0, 0.05) is 23.9 Å². The Morgan fingerprint density at radius 1 is 0.950 bits per heavy atom. The zero-order chi connectivity index (χ0) is 14.5. The summed E-state index contributed by atoms with van der Waals surface area (Å²) in [5, 5.41) is 3.36. The van der Waals surface area contributed by atoms with Crippen LogP contribution in [0.1, 0.15) is 37.1 Å². The van der Waals surface area contributed by atoms with Gasteiger partial charge < -0.3 is 5.32 Å². The van der Waals surface area contributed by atoms with Crippen LogP contribution in [0.15, 0.2) is 24.3 Å². The van der Waals surface area contributed by atoms with E-state index in [1.807, 2.05) is 6.07 Å². The zero-order valence-corrected chi connectivity index (χ0v) is 12.8. The minimum atomic E-state index is 0.815. The van der Waals surface area contributed by atoms with Crippen LogP contribution in [0.3, 0.4) is 0 Å². The van der Waals surface area contributed by atoms with E-state index in [9.17, 15) is 0 Å². The van der Waals surface area contributed by atoms with Crippen LogP contribution in [-0.2, 0) is 6.42 Å². The molecule has 106 valence electrons. The van der Waals surface area contributed by atoms with Gasteiger partial charge in [-0.3, -0.25) is 0 Å². The van der Waals surface area contributed by atoms with Gasteiger partial charge in [0.2, 0.25) is 0 Å². The van der Waals surface area contributed by atoms with Crippen LogP contribution in [0.4, 0.5) is 5.82 Å². The fraction of sp³-hybridized carbons (Fsp3) is 0.412. The van der Waals surface area contributed by atoms with E-state index in [1.165, 1.54) is 11.1 Å². The van der Waals surface area contributed by atoms with Crippen molar-refractivity contribution >= 4 is 5.82 Å². The Morgan fingerprint density at radius 2 is 1.65 bits per heavy atom. The third kappa shape index (κ3) is 3.56. The van der Waals surface area contributed by atoms with E-state index in [-0.39, 0.29) is 0 Å². The fourth-order valence-electron chi connectivity index (χ4n) is 2.26. The van der Waals surface area contributed by atoms with Gasteiger partial charge in [-0.15, -0.1) is 0 Å². The van der Waals surface area contributed by atoms with E-state index < -0.39 is 0 Å². The maximum absolute atomic E-state index is 4.66. The van der Waals surface area contributed by atoms with Crippen molar-refractivity contribution in [1.29, 1.82) is 0 Å². The second-order valence-electron chi connectivity index (χ2n) is 5.22. The van der Waals surface area contributed by atoms with Crippen molar-refractivity contribution in [3.63, 3.8) is 0 Å². The first-order valence-electron chi connectivity index (χ1n) is 7.33. The van der Waals surface area contributed by atoms with Gasteiger partial charge in [0.05, 0.1) is 0 Å². The predicted molar refractivity (Wildman–Crippen MR) is 85.1 cm³/mol. The molecule has 2 aromatic rings. The summed E-state index contributed by atoms with van der Waals surface area (Å²) < 4.78 is 0. The number of benzene rings is 1. The van der Waals surface area contributed by atoms with Crippen LogP contribution in [-0.4, -0.2) is 16.5 Å². The quantitative estimate of drug-likeness (QED) is 0.886. The van der Waals surface area contributed by atoms with Crippen molar-refractivity contribution in [3.05, 3.63) is 41.1 Å². The van der Waals surface area contributed by atoms with Crippen molar-refractivity contribution in [2.45, 2.75) is 40.5 Å². The average molecular weight is 269 g/mol. The molecule has 0 bridgehead atoms. The van der Waals surface area contributed by atoms with E-state index in [0.717, 1.165) is 42.3 Å². The lowest BCUT2D eigenvalue weighted by Gasteiger charge is -2.10. The minimum Gasteiger partial charge on any atom is -0.370 e. The van der Waals surface area contributed by atoms with Crippen LogP contribution >= 0.6 is 0 Å². The number of rotatable bonds is 5. The first kappa shape index (κ1) is 14.5. The standard InChI is InChI=1S/C17H23N3/c1-5-7-18-16-11-15(6-2)19-17(20-16)14-9-12(3)8-13(4)10-14/h8-11H,5-7H2,1-4H3,(H,18,19,20). The van der Waals surface area contributed by atoms with Crippen LogP contribution in [0.5, 0.6) is 0 Å². The largest absolute Gasteiger partial charge is 0.370 e. The smallest absolute Gasteiger partial charge is 0.161 e. The molecule has 0 spiro atoms. The van der Waals surface area contributed by atoms with Crippen molar-refractivity contribution < 1.29 is 0 Å². The minimum absolute atomic E-state index is 0.815. The molecule has 0 radical (unpaired) electrons. The summed E-state index contributed by atoms with van der Waals surface area (Å²) in [5.74, 6) is 1.74. The highest BCUT2D eigenvalue weighted by Gasteiger charge is 2.07. The predicted octanol–water partition coefficient (Wildman–Crippen LogP) is 4.14. The topological polar surface area (TPSA) is 37.8 Å². The average Bonchev–Trinajstić information content (AvgIpc) is 2.43. The second kappa shape index (κ2) is 6.51. The first-order valence-corrected chi connectivity index (χ1v) is 7.33. The number of hydrogen-bond acceptors (Lipinski definition) is 3. The fourth-order valence-corrected chi connectivity index (χ4v) is 2.26. The summed E-state index contributed by atoms with van der Waals surface area (Å²) in [6.45, 7) is 9.43. The number of aromatic nitrogens is 2. The van der Waals surface area contributed by atoms with Gasteiger partial charge in [0.1, 0.15) is 5.82 Å². The molecule has 1 aromatic heterocycles. The summed E-state index contributed by atoms with van der Waals surface area (Å²) in [6, 6.07) is 8.50. The molecule has 0 aliphatic heterocycles. The van der Waals surface area contributed by atoms with E-state index >= 15 is 0 Å². The molecular formula is C17H23N3. The molecule has 0 saturated heterocycles. The van der Waals surface area contributed by atoms with Crippen LogP contribution in [0.2, 0.25) is 0 Å². The molecule has 0 aliphatic carbocycles. The van der Waals surface area contributed by atoms with Crippen molar-refractivity contribution in [1.82, 2.24) is 9.97 Å². The normalized spacial score (nSPS) is 10.6. The molecule has 3 heteroatoms. The van der Waals surface area contributed by atoms with Crippen LogP contribution < -0.4 is 5.32 Å². The maximum atomic E-state index is 4.66. The second-order valence-corrected chi connectivity index (χ2v) is 5.22. The highest BCUT2D eigenvalue weighted by Crippen LogP contribution is 2.21. The third-order valence-electron chi connectivity index (χ3n) is 3.18. The Labute approximate surface area is 121 Å². The molecule has 0 fully saturated rings. The summed E-state index contributed by atoms with van der Waals surface area (Å²) >= 11 is 0. The number of anilines is 1. The molecule has 0 unspecified atom stereocenters. The SMILES string of the molecule is CCCNc1cc(CC)nc(-c2cc(C)cc(C)c2)n1. The lowest BCUT2D eigenvalue weighted by molar-refractivity contribution is 0.951. The molecule has 0 atom stereocenters. The van der Waals surface area contributed by atoms with E-state index in [4.69, 9.17) is 0 Å². The summed E-state index contributed by atoms with van der Waals surface area (Å²) in [7, 11) is 0. The third-order valence-corrected chi connectivity index (χ3v) is 3.18. The monoisotopic (exact) mass is 269 g/mol.